The van der Waals surface area contributed by atoms with Gasteiger partial charge in [0.25, 0.3) is 0 Å². The maximum Gasteiger partial charge on any atom is 0.229 e. The van der Waals surface area contributed by atoms with Crippen LogP contribution in [-0.2, 0) is 16.1 Å². The minimum Gasteiger partial charge on any atom is -0.355 e. The molecule has 1 unspecified atom stereocenters. The number of aryl methyl sites for hydroxylation is 1. The normalized spacial score (nSPS) is 20.6. The number of carbonyl (C=O) groups excluding carboxylic acids is 2. The number of anilines is 2. The van der Waals surface area contributed by atoms with Gasteiger partial charge in [-0.2, -0.15) is 10.6 Å². The van der Waals surface area contributed by atoms with E-state index in [1.807, 2.05) is 54.3 Å². The highest BCUT2D eigenvalue weighted by Gasteiger charge is 2.29. The molecular formula is C24H26N4O4S. The van der Waals surface area contributed by atoms with Gasteiger partial charge in [0.15, 0.2) is 0 Å². The summed E-state index contributed by atoms with van der Waals surface area (Å²) < 4.78 is 21.4. The number of nitrogens with zero attached hydrogens (tertiary/aromatic N) is 2. The number of aromatic nitrogens is 1. The van der Waals surface area contributed by atoms with Crippen LogP contribution in [0.2, 0.25) is 0 Å². The van der Waals surface area contributed by atoms with E-state index < -0.39 is 16.5 Å². The summed E-state index contributed by atoms with van der Waals surface area (Å²) in [4.78, 5) is 31.9. The summed E-state index contributed by atoms with van der Waals surface area (Å²) in [6.45, 7) is 3.20. The molecule has 0 spiro atoms. The van der Waals surface area contributed by atoms with E-state index in [0.29, 0.717) is 36.0 Å². The Bertz CT molecular complexity index is 1260. The molecular weight excluding hydrogens is 440 g/mol. The van der Waals surface area contributed by atoms with Gasteiger partial charge >= 0.3 is 0 Å². The zero-order valence-corrected chi connectivity index (χ0v) is 19.1. The number of hydrogen-bond donors (Lipinski definition) is 4. The van der Waals surface area contributed by atoms with E-state index in [2.05, 4.69) is 10.6 Å². The maximum absolute atomic E-state index is 12.9. The van der Waals surface area contributed by atoms with Crippen molar-refractivity contribution in [1.29, 1.82) is 0 Å². The van der Waals surface area contributed by atoms with Gasteiger partial charge in [0, 0.05) is 37.5 Å². The predicted octanol–water partition coefficient (Wildman–Crippen LogP) is 3.75. The number of hydrogen-bond acceptors (Lipinski definition) is 6. The highest BCUT2D eigenvalue weighted by molar-refractivity contribution is 8.24. The fraction of sp³-hybridized carbons (Fsp3) is 0.292. The van der Waals surface area contributed by atoms with E-state index in [1.165, 1.54) is 0 Å². The van der Waals surface area contributed by atoms with E-state index in [1.54, 1.807) is 6.07 Å². The molecule has 0 bridgehead atoms. The minimum absolute atomic E-state index is 0.117. The van der Waals surface area contributed by atoms with Gasteiger partial charge in [-0.05, 0) is 30.7 Å². The molecule has 2 aliphatic heterocycles. The zero-order valence-electron chi connectivity index (χ0n) is 18.2. The van der Waals surface area contributed by atoms with Gasteiger partial charge in [-0.3, -0.25) is 18.7 Å². The molecule has 0 saturated carbocycles. The second-order valence-corrected chi connectivity index (χ2v) is 10.8. The molecule has 5 rings (SSSR count). The standard InChI is InChI=1S/C24H26N4O4S/c1-15-6-7-19-18(10-15)20(27-24(30)17-11-23(29)25-13-17)12-22(26-19)28-8-9-33(31,32)21-5-3-2-4-16(21)14-28/h2-7,10,12,17,31-32H,8-9,11,13-14H2,1H3,(H,25,29)(H,26,27,30). The van der Waals surface area contributed by atoms with Crippen LogP contribution in [0.25, 0.3) is 10.9 Å². The number of rotatable bonds is 3. The van der Waals surface area contributed by atoms with Crippen molar-refractivity contribution in [3.63, 3.8) is 0 Å². The summed E-state index contributed by atoms with van der Waals surface area (Å²) in [5.74, 6) is 0.119. The maximum atomic E-state index is 12.9. The van der Waals surface area contributed by atoms with Gasteiger partial charge in [-0.25, -0.2) is 4.98 Å². The summed E-state index contributed by atoms with van der Waals surface area (Å²) in [6, 6.07) is 15.1. The number of nitrogens with one attached hydrogen (secondary N) is 2. The van der Waals surface area contributed by atoms with Gasteiger partial charge in [0.1, 0.15) is 5.82 Å². The fourth-order valence-electron chi connectivity index (χ4n) is 4.40. The predicted molar refractivity (Wildman–Crippen MR) is 130 cm³/mol. The average molecular weight is 467 g/mol. The zero-order chi connectivity index (χ0) is 23.2. The van der Waals surface area contributed by atoms with Gasteiger partial charge in [0.2, 0.25) is 11.8 Å². The van der Waals surface area contributed by atoms with Gasteiger partial charge in [0.05, 0.1) is 27.8 Å². The monoisotopic (exact) mass is 466 g/mol. The van der Waals surface area contributed by atoms with E-state index >= 15 is 0 Å². The number of carbonyl (C=O) groups is 2. The third kappa shape index (κ3) is 4.27. The molecule has 9 heteroatoms. The second-order valence-electron chi connectivity index (χ2n) is 8.64. The number of pyridine rings is 1. The minimum atomic E-state index is -2.89. The Morgan fingerprint density at radius 1 is 1.21 bits per heavy atom. The van der Waals surface area contributed by atoms with Crippen molar-refractivity contribution in [2.75, 3.05) is 29.1 Å². The van der Waals surface area contributed by atoms with Gasteiger partial charge in [-0.15, -0.1) is 0 Å². The lowest BCUT2D eigenvalue weighted by Crippen LogP contribution is -2.27. The molecule has 33 heavy (non-hydrogen) atoms. The second kappa shape index (κ2) is 8.33. The van der Waals surface area contributed by atoms with Crippen LogP contribution in [0.4, 0.5) is 11.5 Å². The van der Waals surface area contributed by atoms with Crippen LogP contribution in [0.5, 0.6) is 0 Å². The fourth-order valence-corrected chi connectivity index (χ4v) is 5.94. The molecule has 0 radical (unpaired) electrons. The average Bonchev–Trinajstić information content (AvgIpc) is 3.17. The van der Waals surface area contributed by atoms with E-state index in [0.717, 1.165) is 22.0 Å². The molecule has 8 nitrogen and oxygen atoms in total. The first-order chi connectivity index (χ1) is 15.8. The lowest BCUT2D eigenvalue weighted by Gasteiger charge is -2.32. The van der Waals surface area contributed by atoms with Crippen LogP contribution in [-0.4, -0.2) is 44.7 Å². The molecule has 4 N–H and O–H groups in total. The smallest absolute Gasteiger partial charge is 0.229 e. The lowest BCUT2D eigenvalue weighted by atomic mass is 10.1. The largest absolute Gasteiger partial charge is 0.355 e. The number of benzene rings is 2. The highest BCUT2D eigenvalue weighted by Crippen LogP contribution is 2.51. The van der Waals surface area contributed by atoms with Crippen molar-refractivity contribution in [1.82, 2.24) is 10.3 Å². The molecule has 1 fully saturated rings. The Balaban J connectivity index is 1.53. The van der Waals surface area contributed by atoms with Crippen molar-refractivity contribution >= 4 is 44.8 Å². The van der Waals surface area contributed by atoms with Crippen LogP contribution < -0.4 is 15.5 Å². The van der Waals surface area contributed by atoms with Crippen molar-refractivity contribution in [3.05, 3.63) is 59.7 Å². The van der Waals surface area contributed by atoms with E-state index in [4.69, 9.17) is 4.98 Å². The Morgan fingerprint density at radius 2 is 2.03 bits per heavy atom. The first-order valence-corrected chi connectivity index (χ1v) is 12.6. The molecule has 2 amide bonds. The molecule has 1 aromatic heterocycles. The van der Waals surface area contributed by atoms with Crippen LogP contribution in [0, 0.1) is 12.8 Å². The Labute approximate surface area is 193 Å². The summed E-state index contributed by atoms with van der Waals surface area (Å²) in [6.07, 6.45) is 0.182. The molecule has 1 atom stereocenters. The SMILES string of the molecule is Cc1ccc2nc(N3CCS(O)(O)c4ccccc4C3)cc(NC(=O)C3CNC(=O)C3)c2c1. The van der Waals surface area contributed by atoms with E-state index in [-0.39, 0.29) is 24.0 Å². The summed E-state index contributed by atoms with van der Waals surface area (Å²) in [5, 5.41) is 6.54. The molecule has 172 valence electrons. The van der Waals surface area contributed by atoms with Gasteiger partial charge in [-0.1, -0.05) is 29.8 Å². The number of amides is 2. The Hall–Kier alpha value is -3.14. The van der Waals surface area contributed by atoms with Crippen molar-refractivity contribution in [3.8, 4) is 0 Å². The van der Waals surface area contributed by atoms with Crippen molar-refractivity contribution in [2.45, 2.75) is 24.8 Å². The molecule has 1 saturated heterocycles. The van der Waals surface area contributed by atoms with Crippen LogP contribution in [0.15, 0.2) is 53.4 Å². The summed E-state index contributed by atoms with van der Waals surface area (Å²) >= 11 is 0. The van der Waals surface area contributed by atoms with Crippen LogP contribution in [0.3, 0.4) is 0 Å². The van der Waals surface area contributed by atoms with Crippen molar-refractivity contribution < 1.29 is 18.7 Å². The van der Waals surface area contributed by atoms with Gasteiger partial charge < -0.3 is 15.5 Å². The first-order valence-electron chi connectivity index (χ1n) is 10.9. The summed E-state index contributed by atoms with van der Waals surface area (Å²) in [7, 11) is -2.89. The highest BCUT2D eigenvalue weighted by atomic mass is 32.3. The third-order valence-electron chi connectivity index (χ3n) is 6.21. The third-order valence-corrected chi connectivity index (χ3v) is 8.07. The van der Waals surface area contributed by atoms with Crippen LogP contribution in [0.1, 0.15) is 17.5 Å². The van der Waals surface area contributed by atoms with E-state index in [9.17, 15) is 18.7 Å². The molecule has 2 aromatic carbocycles. The molecule has 0 aliphatic carbocycles. The first kappa shape index (κ1) is 21.7. The van der Waals surface area contributed by atoms with Crippen molar-refractivity contribution in [2.24, 2.45) is 5.92 Å². The number of fused-ring (bicyclic) bond motifs is 2. The van der Waals surface area contributed by atoms with Crippen LogP contribution >= 0.6 is 10.6 Å². The quantitative estimate of drug-likeness (QED) is 0.467. The molecule has 3 aromatic rings. The summed E-state index contributed by atoms with van der Waals surface area (Å²) in [5.41, 5.74) is 3.26. The Kier molecular flexibility index (Phi) is 5.48. The lowest BCUT2D eigenvalue weighted by molar-refractivity contribution is -0.123. The topological polar surface area (TPSA) is 115 Å². The molecule has 2 aliphatic rings. The molecule has 3 heterocycles. The Morgan fingerprint density at radius 3 is 2.82 bits per heavy atom.